The summed E-state index contributed by atoms with van der Waals surface area (Å²) in [4.78, 5) is 37.9. The van der Waals surface area contributed by atoms with E-state index >= 15 is 0 Å². The Labute approximate surface area is 465 Å². The minimum atomic E-state index is -4.66. The number of hydrogen-bond acceptors (Lipinski definition) is 8. The van der Waals surface area contributed by atoms with Crippen LogP contribution >= 0.6 is 7.82 Å². The Balaban J connectivity index is 4.26. The Bertz CT molecular complexity index is 1790. The molecule has 0 aromatic rings. The van der Waals surface area contributed by atoms with E-state index in [-0.39, 0.29) is 26.1 Å². The molecule has 10 heteroatoms. The molecule has 0 aliphatic heterocycles. The zero-order valence-corrected chi connectivity index (χ0v) is 49.5. The third-order valence-electron chi connectivity index (χ3n) is 11.9. The summed E-state index contributed by atoms with van der Waals surface area (Å²) in [6, 6.07) is 0. The largest absolute Gasteiger partial charge is 0.756 e. The fourth-order valence-electron chi connectivity index (χ4n) is 7.38. The molecule has 0 aromatic heterocycles. The van der Waals surface area contributed by atoms with E-state index in [1.807, 2.05) is 27.2 Å². The van der Waals surface area contributed by atoms with Crippen LogP contribution in [0.1, 0.15) is 206 Å². The maximum Gasteiger partial charge on any atom is 0.306 e. The van der Waals surface area contributed by atoms with Crippen LogP contribution in [-0.2, 0) is 32.7 Å². The van der Waals surface area contributed by atoms with E-state index < -0.39 is 32.5 Å². The second-order valence-corrected chi connectivity index (χ2v) is 21.7. The van der Waals surface area contributed by atoms with Crippen LogP contribution in [0.5, 0.6) is 0 Å². The fourth-order valence-corrected chi connectivity index (χ4v) is 8.11. The zero-order chi connectivity index (χ0) is 55.6. The number of quaternary nitrogens is 1. The average Bonchev–Trinajstić information content (AvgIpc) is 3.38. The Morgan fingerprint density at radius 1 is 0.408 bits per heavy atom. The highest BCUT2D eigenvalue weighted by molar-refractivity contribution is 7.45. The molecule has 9 nitrogen and oxygen atoms in total. The Morgan fingerprint density at radius 2 is 0.724 bits per heavy atom. The first-order valence-corrected chi connectivity index (χ1v) is 31.0. The van der Waals surface area contributed by atoms with Gasteiger partial charge in [-0.25, -0.2) is 0 Å². The van der Waals surface area contributed by atoms with E-state index in [9.17, 15) is 19.0 Å². The predicted octanol–water partition coefficient (Wildman–Crippen LogP) is 18.1. The minimum Gasteiger partial charge on any atom is -0.756 e. The maximum atomic E-state index is 12.8. The van der Waals surface area contributed by atoms with Crippen LogP contribution in [-0.4, -0.2) is 70.0 Å². The molecule has 0 rings (SSSR count). The van der Waals surface area contributed by atoms with E-state index in [2.05, 4.69) is 154 Å². The monoisotopic (exact) mass is 1070 g/mol. The first kappa shape index (κ1) is 71.9. The highest BCUT2D eigenvalue weighted by Crippen LogP contribution is 2.38. The van der Waals surface area contributed by atoms with Gasteiger partial charge in [0.1, 0.15) is 19.8 Å². The summed E-state index contributed by atoms with van der Waals surface area (Å²) in [5, 5.41) is 0. The molecular formula is C66H108NO8P. The van der Waals surface area contributed by atoms with Crippen molar-refractivity contribution in [2.24, 2.45) is 0 Å². The second-order valence-electron chi connectivity index (χ2n) is 20.2. The topological polar surface area (TPSA) is 111 Å². The summed E-state index contributed by atoms with van der Waals surface area (Å²) in [5.74, 6) is -0.915. The van der Waals surface area contributed by atoms with E-state index in [1.54, 1.807) is 0 Å². The van der Waals surface area contributed by atoms with Gasteiger partial charge in [-0.2, -0.15) is 0 Å². The van der Waals surface area contributed by atoms with Crippen molar-refractivity contribution in [2.75, 3.05) is 47.5 Å². The molecule has 0 spiro atoms. The third kappa shape index (κ3) is 59.1. The van der Waals surface area contributed by atoms with E-state index in [4.69, 9.17) is 18.5 Å². The number of phosphoric ester groups is 1. The van der Waals surface area contributed by atoms with Gasteiger partial charge in [0.15, 0.2) is 6.10 Å². The first-order valence-electron chi connectivity index (χ1n) is 29.5. The van der Waals surface area contributed by atoms with Crippen molar-refractivity contribution >= 4 is 19.8 Å². The van der Waals surface area contributed by atoms with Crippen LogP contribution < -0.4 is 4.89 Å². The molecule has 76 heavy (non-hydrogen) atoms. The van der Waals surface area contributed by atoms with Crippen molar-refractivity contribution in [1.29, 1.82) is 0 Å². The number of ether oxygens (including phenoxy) is 2. The SMILES string of the molecule is CC/C=C\C/C=C\C/C=C\C/C=C\C/C=C\C/C=C\C/C=C\CCCC(=O)OC(COC(=O)CCCCCCCCCCCCCCC/C=C\C/C=C\C/C=C\C/C=C\C/C=C\CC)COP(=O)([O-])OCC[N+](C)(C)C. The van der Waals surface area contributed by atoms with Gasteiger partial charge >= 0.3 is 11.9 Å². The van der Waals surface area contributed by atoms with Gasteiger partial charge in [0.25, 0.3) is 7.82 Å². The van der Waals surface area contributed by atoms with Crippen molar-refractivity contribution in [3.8, 4) is 0 Å². The molecule has 430 valence electrons. The smallest absolute Gasteiger partial charge is 0.306 e. The molecule has 0 radical (unpaired) electrons. The quantitative estimate of drug-likeness (QED) is 0.0195. The summed E-state index contributed by atoms with van der Waals surface area (Å²) >= 11 is 0. The number of carbonyl (C=O) groups is 2. The summed E-state index contributed by atoms with van der Waals surface area (Å²) in [6.07, 6.45) is 81.9. The predicted molar refractivity (Wildman–Crippen MR) is 323 cm³/mol. The summed E-state index contributed by atoms with van der Waals surface area (Å²) in [6.45, 7) is 3.92. The number of esters is 2. The summed E-state index contributed by atoms with van der Waals surface area (Å²) in [7, 11) is 1.11. The van der Waals surface area contributed by atoms with Crippen molar-refractivity contribution in [1.82, 2.24) is 0 Å². The molecule has 0 amide bonds. The Hall–Kier alpha value is -4.11. The van der Waals surface area contributed by atoms with Crippen molar-refractivity contribution < 1.29 is 42.1 Å². The normalized spacial score (nSPS) is 14.3. The highest BCUT2D eigenvalue weighted by Gasteiger charge is 2.21. The Morgan fingerprint density at radius 3 is 1.09 bits per heavy atom. The zero-order valence-electron chi connectivity index (χ0n) is 48.6. The molecule has 0 aliphatic rings. The number of phosphoric acid groups is 1. The van der Waals surface area contributed by atoms with Gasteiger partial charge in [0.05, 0.1) is 27.7 Å². The lowest BCUT2D eigenvalue weighted by Gasteiger charge is -2.28. The lowest BCUT2D eigenvalue weighted by Crippen LogP contribution is -2.37. The molecule has 2 unspecified atom stereocenters. The molecule has 2 atom stereocenters. The lowest BCUT2D eigenvalue weighted by atomic mass is 10.0. The first-order chi connectivity index (χ1) is 37.0. The van der Waals surface area contributed by atoms with Gasteiger partial charge in [-0.05, 0) is 109 Å². The molecule has 0 fully saturated rings. The summed E-state index contributed by atoms with van der Waals surface area (Å²) in [5.41, 5.74) is 0. The molecule has 0 saturated heterocycles. The van der Waals surface area contributed by atoms with E-state index in [0.717, 1.165) is 96.3 Å². The third-order valence-corrected chi connectivity index (χ3v) is 12.8. The second kappa shape index (κ2) is 55.6. The van der Waals surface area contributed by atoms with Gasteiger partial charge in [-0.15, -0.1) is 0 Å². The molecule has 0 N–H and O–H groups in total. The lowest BCUT2D eigenvalue weighted by molar-refractivity contribution is -0.870. The van der Waals surface area contributed by atoms with Crippen molar-refractivity contribution in [3.63, 3.8) is 0 Å². The molecule has 0 saturated carbocycles. The van der Waals surface area contributed by atoms with Gasteiger partial charge < -0.3 is 27.9 Å². The average molecular weight is 1070 g/mol. The molecular weight excluding hydrogens is 966 g/mol. The number of likely N-dealkylation sites (N-methyl/N-ethyl adjacent to an activating group) is 1. The Kier molecular flexibility index (Phi) is 52.6. The number of carbonyl (C=O) groups excluding carboxylic acids is 2. The van der Waals surface area contributed by atoms with Crippen LogP contribution in [0.25, 0.3) is 0 Å². The fraction of sp³-hybridized carbons (Fsp3) is 0.606. The molecule has 0 aromatic carbocycles. The van der Waals surface area contributed by atoms with Gasteiger partial charge in [-0.1, -0.05) is 230 Å². The van der Waals surface area contributed by atoms with E-state index in [0.29, 0.717) is 30.3 Å². The van der Waals surface area contributed by atoms with Crippen LogP contribution in [0.4, 0.5) is 0 Å². The van der Waals surface area contributed by atoms with Crippen molar-refractivity contribution in [3.05, 3.63) is 146 Å². The number of nitrogens with zero attached hydrogens (tertiary/aromatic N) is 1. The highest BCUT2D eigenvalue weighted by atomic mass is 31.2. The van der Waals surface area contributed by atoms with Crippen LogP contribution in [0, 0.1) is 0 Å². The molecule has 0 aliphatic carbocycles. The molecule has 0 bridgehead atoms. The van der Waals surface area contributed by atoms with Crippen LogP contribution in [0.2, 0.25) is 0 Å². The summed E-state index contributed by atoms with van der Waals surface area (Å²) < 4.78 is 34.1. The van der Waals surface area contributed by atoms with Gasteiger partial charge in [0.2, 0.25) is 0 Å². The van der Waals surface area contributed by atoms with Crippen LogP contribution in [0.15, 0.2) is 146 Å². The van der Waals surface area contributed by atoms with Crippen molar-refractivity contribution in [2.45, 2.75) is 213 Å². The number of rotatable bonds is 52. The maximum absolute atomic E-state index is 12.8. The number of hydrogen-bond donors (Lipinski definition) is 0. The minimum absolute atomic E-state index is 0.0500. The van der Waals surface area contributed by atoms with E-state index in [1.165, 1.54) is 64.2 Å². The number of unbranched alkanes of at least 4 members (excludes halogenated alkanes) is 14. The van der Waals surface area contributed by atoms with Crippen LogP contribution in [0.3, 0.4) is 0 Å². The molecule has 0 heterocycles. The standard InChI is InChI=1S/C66H108NO8P/c1-6-8-10-12-14-16-18-20-22-24-26-28-30-31-32-33-34-35-37-38-40-42-44-46-48-50-52-54-56-58-65(68)72-62-64(63-74-76(70,71)73-61-60-67(3,4)5)75-66(69)59-57-55-53-51-49-47-45-43-41-39-36-29-27-25-23-21-19-17-15-13-11-9-7-2/h8-11,14-17,20-23,26-29,31-32,39,41,45,47,51,53,64H,6-7,12-13,18-19,24-25,30,33-38,40,42-44,46,48-50,52,54-63H2,1-5H3/b10-8-,11-9-,16-14-,17-15-,22-20-,23-21-,28-26-,29-27-,32-31-,41-39-,47-45-,53-51-. The van der Waals surface area contributed by atoms with Gasteiger partial charge in [0, 0.05) is 12.8 Å². The number of allylic oxidation sites excluding steroid dienone is 24. The van der Waals surface area contributed by atoms with Gasteiger partial charge in [-0.3, -0.25) is 14.2 Å².